The molecule has 1 amide bonds. The van der Waals surface area contributed by atoms with Crippen LogP contribution in [0.3, 0.4) is 0 Å². The topological polar surface area (TPSA) is 29.5 Å². The van der Waals surface area contributed by atoms with Crippen LogP contribution in [0.4, 0.5) is 0 Å². The Balaban J connectivity index is 1.83. The van der Waals surface area contributed by atoms with E-state index in [-0.39, 0.29) is 5.91 Å². The van der Waals surface area contributed by atoms with E-state index in [0.717, 1.165) is 24.3 Å². The van der Waals surface area contributed by atoms with Crippen molar-refractivity contribution in [3.05, 3.63) is 52.2 Å². The number of methoxy groups -OCH3 is 1. The third-order valence-electron chi connectivity index (χ3n) is 3.21. The summed E-state index contributed by atoms with van der Waals surface area (Å²) in [7, 11) is 3.50. The van der Waals surface area contributed by atoms with E-state index in [4.69, 9.17) is 4.74 Å². The molecule has 1 aromatic carbocycles. The molecule has 3 nitrogen and oxygen atoms in total. The minimum atomic E-state index is 0.145. The van der Waals surface area contributed by atoms with Crippen LogP contribution in [0.1, 0.15) is 10.4 Å². The van der Waals surface area contributed by atoms with Gasteiger partial charge in [0.15, 0.2) is 0 Å². The minimum absolute atomic E-state index is 0.145. The number of rotatable bonds is 6. The normalized spacial score (nSPS) is 10.3. The predicted molar refractivity (Wildman–Crippen MR) is 82.4 cm³/mol. The number of benzene rings is 1. The zero-order valence-electron chi connectivity index (χ0n) is 11.8. The number of hydrogen-bond acceptors (Lipinski definition) is 3. The number of thiophene rings is 1. The van der Waals surface area contributed by atoms with Crippen LogP contribution in [-0.2, 0) is 17.6 Å². The minimum Gasteiger partial charge on any atom is -0.497 e. The van der Waals surface area contributed by atoms with Gasteiger partial charge < -0.3 is 9.64 Å². The maximum absolute atomic E-state index is 12.1. The summed E-state index contributed by atoms with van der Waals surface area (Å²) >= 11 is 1.73. The van der Waals surface area contributed by atoms with Crippen LogP contribution in [0.2, 0.25) is 0 Å². The summed E-state index contributed by atoms with van der Waals surface area (Å²) < 4.78 is 5.11. The van der Waals surface area contributed by atoms with Gasteiger partial charge in [0.25, 0.3) is 0 Å². The maximum Gasteiger partial charge on any atom is 0.226 e. The third kappa shape index (κ3) is 4.10. The van der Waals surface area contributed by atoms with Crippen molar-refractivity contribution in [3.63, 3.8) is 0 Å². The second-order valence-corrected chi connectivity index (χ2v) is 5.70. The molecule has 0 bridgehead atoms. The van der Waals surface area contributed by atoms with E-state index in [1.54, 1.807) is 23.3 Å². The first-order valence-corrected chi connectivity index (χ1v) is 7.46. The summed E-state index contributed by atoms with van der Waals surface area (Å²) in [6.45, 7) is 0.759. The van der Waals surface area contributed by atoms with E-state index < -0.39 is 0 Å². The molecule has 0 aliphatic heterocycles. The van der Waals surface area contributed by atoms with Crippen molar-refractivity contribution in [1.29, 1.82) is 0 Å². The van der Waals surface area contributed by atoms with Crippen LogP contribution in [0.25, 0.3) is 0 Å². The Morgan fingerprint density at radius 3 is 2.60 bits per heavy atom. The molecule has 2 rings (SSSR count). The Bertz CT molecular complexity index is 534. The highest BCUT2D eigenvalue weighted by atomic mass is 32.1. The first-order valence-electron chi connectivity index (χ1n) is 6.58. The van der Waals surface area contributed by atoms with Crippen LogP contribution in [-0.4, -0.2) is 31.5 Å². The van der Waals surface area contributed by atoms with Gasteiger partial charge in [-0.2, -0.15) is 0 Å². The average Bonchev–Trinajstić information content (AvgIpc) is 2.98. The largest absolute Gasteiger partial charge is 0.497 e. The van der Waals surface area contributed by atoms with Crippen molar-refractivity contribution in [1.82, 2.24) is 4.90 Å². The summed E-state index contributed by atoms with van der Waals surface area (Å²) in [4.78, 5) is 15.2. The molecule has 0 atom stereocenters. The van der Waals surface area contributed by atoms with E-state index in [2.05, 4.69) is 11.4 Å². The van der Waals surface area contributed by atoms with Gasteiger partial charge in [0, 0.05) is 18.5 Å². The number of nitrogens with zero attached hydrogens (tertiary/aromatic N) is 1. The van der Waals surface area contributed by atoms with Crippen molar-refractivity contribution in [2.75, 3.05) is 20.7 Å². The number of ether oxygens (including phenoxy) is 1. The molecule has 1 heterocycles. The molecule has 0 N–H and O–H groups in total. The third-order valence-corrected chi connectivity index (χ3v) is 4.15. The fourth-order valence-electron chi connectivity index (χ4n) is 1.91. The lowest BCUT2D eigenvalue weighted by Gasteiger charge is -2.16. The molecular formula is C16H19NO2S. The average molecular weight is 289 g/mol. The monoisotopic (exact) mass is 289 g/mol. The fourth-order valence-corrected chi connectivity index (χ4v) is 2.61. The molecule has 0 saturated heterocycles. The van der Waals surface area contributed by atoms with Gasteiger partial charge in [-0.25, -0.2) is 0 Å². The number of hydrogen-bond donors (Lipinski definition) is 0. The molecule has 0 radical (unpaired) electrons. The molecule has 0 fully saturated rings. The summed E-state index contributed by atoms with van der Waals surface area (Å²) in [6, 6.07) is 11.8. The molecule has 0 aliphatic rings. The molecule has 106 valence electrons. The second kappa shape index (κ2) is 7.10. The van der Waals surface area contributed by atoms with Gasteiger partial charge in [0.1, 0.15) is 5.75 Å². The summed E-state index contributed by atoms with van der Waals surface area (Å²) in [5.41, 5.74) is 1.01. The van der Waals surface area contributed by atoms with Gasteiger partial charge in [-0.05, 0) is 35.6 Å². The van der Waals surface area contributed by atoms with Crippen LogP contribution >= 0.6 is 11.3 Å². The lowest BCUT2D eigenvalue weighted by Crippen LogP contribution is -2.30. The zero-order chi connectivity index (χ0) is 14.4. The lowest BCUT2D eigenvalue weighted by molar-refractivity contribution is -0.129. The van der Waals surface area contributed by atoms with Crippen molar-refractivity contribution in [3.8, 4) is 5.75 Å². The number of carbonyl (C=O) groups excluding carboxylic acids is 1. The fraction of sp³-hybridized carbons (Fsp3) is 0.312. The standard InChI is InChI=1S/C16H19NO2S/c1-17(10-9-15-4-3-11-20-15)16(18)12-13-5-7-14(19-2)8-6-13/h3-8,11H,9-10,12H2,1-2H3. The van der Waals surface area contributed by atoms with Crippen molar-refractivity contribution >= 4 is 17.2 Å². The quantitative estimate of drug-likeness (QED) is 0.818. The van der Waals surface area contributed by atoms with Gasteiger partial charge in [-0.1, -0.05) is 18.2 Å². The molecule has 4 heteroatoms. The smallest absolute Gasteiger partial charge is 0.226 e. The number of carbonyl (C=O) groups is 1. The summed E-state index contributed by atoms with van der Waals surface area (Å²) in [5, 5.41) is 2.06. The number of amides is 1. The Hall–Kier alpha value is -1.81. The van der Waals surface area contributed by atoms with Crippen molar-refractivity contribution in [2.45, 2.75) is 12.8 Å². The van der Waals surface area contributed by atoms with E-state index in [1.165, 1.54) is 4.88 Å². The van der Waals surface area contributed by atoms with Crippen LogP contribution < -0.4 is 4.74 Å². The van der Waals surface area contributed by atoms with Crippen molar-refractivity contribution in [2.24, 2.45) is 0 Å². The van der Waals surface area contributed by atoms with E-state index in [9.17, 15) is 4.79 Å². The summed E-state index contributed by atoms with van der Waals surface area (Å²) in [5.74, 6) is 0.957. The van der Waals surface area contributed by atoms with E-state index in [1.807, 2.05) is 37.4 Å². The first-order chi connectivity index (χ1) is 9.69. The molecular weight excluding hydrogens is 270 g/mol. The van der Waals surface area contributed by atoms with Crippen LogP contribution in [0.15, 0.2) is 41.8 Å². The highest BCUT2D eigenvalue weighted by molar-refractivity contribution is 7.09. The molecule has 20 heavy (non-hydrogen) atoms. The van der Waals surface area contributed by atoms with E-state index >= 15 is 0 Å². The molecule has 0 unspecified atom stereocenters. The summed E-state index contributed by atoms with van der Waals surface area (Å²) in [6.07, 6.45) is 1.35. The Morgan fingerprint density at radius 1 is 1.25 bits per heavy atom. The molecule has 0 aliphatic carbocycles. The van der Waals surface area contributed by atoms with Crippen molar-refractivity contribution < 1.29 is 9.53 Å². The van der Waals surface area contributed by atoms with Gasteiger partial charge in [-0.3, -0.25) is 4.79 Å². The molecule has 2 aromatic rings. The highest BCUT2D eigenvalue weighted by Crippen LogP contribution is 2.13. The first kappa shape index (κ1) is 14.6. The Labute approximate surface area is 123 Å². The van der Waals surface area contributed by atoms with E-state index in [0.29, 0.717) is 6.42 Å². The van der Waals surface area contributed by atoms with Crippen LogP contribution in [0, 0.1) is 0 Å². The van der Waals surface area contributed by atoms with Gasteiger partial charge >= 0.3 is 0 Å². The second-order valence-electron chi connectivity index (χ2n) is 4.67. The molecule has 0 saturated carbocycles. The van der Waals surface area contributed by atoms with Gasteiger partial charge in [-0.15, -0.1) is 11.3 Å². The van der Waals surface area contributed by atoms with Crippen LogP contribution in [0.5, 0.6) is 5.75 Å². The lowest BCUT2D eigenvalue weighted by atomic mass is 10.1. The molecule has 1 aromatic heterocycles. The highest BCUT2D eigenvalue weighted by Gasteiger charge is 2.10. The Kier molecular flexibility index (Phi) is 5.18. The van der Waals surface area contributed by atoms with Gasteiger partial charge in [0.05, 0.1) is 13.5 Å². The predicted octanol–water partition coefficient (Wildman–Crippen LogP) is 3.00. The maximum atomic E-state index is 12.1. The zero-order valence-corrected chi connectivity index (χ0v) is 12.7. The SMILES string of the molecule is COc1ccc(CC(=O)N(C)CCc2cccs2)cc1. The molecule has 0 spiro atoms. The van der Waals surface area contributed by atoms with Gasteiger partial charge in [0.2, 0.25) is 5.91 Å². The number of likely N-dealkylation sites (N-methyl/N-ethyl adjacent to an activating group) is 1. The Morgan fingerprint density at radius 2 is 2.00 bits per heavy atom.